The van der Waals surface area contributed by atoms with Crippen molar-refractivity contribution in [3.05, 3.63) is 12.3 Å². The second-order valence-electron chi connectivity index (χ2n) is 4.03. The Labute approximate surface area is 94.1 Å². The predicted molar refractivity (Wildman–Crippen MR) is 56.5 cm³/mol. The number of carbonyl (C=O) groups excluding carboxylic acids is 3. The van der Waals surface area contributed by atoms with Crippen molar-refractivity contribution < 1.29 is 19.1 Å². The van der Waals surface area contributed by atoms with Gasteiger partial charge in [-0.1, -0.05) is 0 Å². The van der Waals surface area contributed by atoms with E-state index in [4.69, 9.17) is 4.74 Å². The van der Waals surface area contributed by atoms with Gasteiger partial charge in [0.2, 0.25) is 0 Å². The summed E-state index contributed by atoms with van der Waals surface area (Å²) in [7, 11) is 3.49. The van der Waals surface area contributed by atoms with Crippen LogP contribution in [0.15, 0.2) is 12.3 Å². The van der Waals surface area contributed by atoms with E-state index in [9.17, 15) is 14.4 Å². The van der Waals surface area contributed by atoms with E-state index in [0.717, 1.165) is 0 Å². The van der Waals surface area contributed by atoms with Crippen molar-refractivity contribution in [1.82, 2.24) is 4.90 Å². The van der Waals surface area contributed by atoms with Crippen LogP contribution in [0, 0.1) is 5.92 Å². The van der Waals surface area contributed by atoms with Gasteiger partial charge in [0.1, 0.15) is 6.10 Å². The predicted octanol–water partition coefficient (Wildman–Crippen LogP) is 0.151. The molecule has 2 unspecified atom stereocenters. The first-order chi connectivity index (χ1) is 7.41. The molecule has 0 amide bonds. The maximum absolute atomic E-state index is 11.6. The first-order valence-electron chi connectivity index (χ1n) is 5.03. The molecule has 1 aliphatic rings. The molecule has 1 rings (SSSR count). The summed E-state index contributed by atoms with van der Waals surface area (Å²) < 4.78 is 4.87. The first kappa shape index (κ1) is 12.4. The standard InChI is InChI=1S/C11H15NO4/c1-7-6-9(14)10(11(15)16-7)8(13)4-5-12(2)3/h4-5,7,10H,6H2,1-3H3. The Hall–Kier alpha value is -1.65. The van der Waals surface area contributed by atoms with Crippen LogP contribution >= 0.6 is 0 Å². The molecule has 5 heteroatoms. The summed E-state index contributed by atoms with van der Waals surface area (Å²) in [5.41, 5.74) is 0. The van der Waals surface area contributed by atoms with Gasteiger partial charge in [-0.15, -0.1) is 0 Å². The minimum atomic E-state index is -1.27. The molecule has 0 bridgehead atoms. The summed E-state index contributed by atoms with van der Waals surface area (Å²) in [4.78, 5) is 36.2. The molecule has 0 aromatic carbocycles. The van der Waals surface area contributed by atoms with E-state index in [-0.39, 0.29) is 12.2 Å². The minimum absolute atomic E-state index is 0.109. The maximum atomic E-state index is 11.6. The van der Waals surface area contributed by atoms with E-state index >= 15 is 0 Å². The zero-order valence-corrected chi connectivity index (χ0v) is 9.60. The second kappa shape index (κ2) is 4.92. The highest BCUT2D eigenvalue weighted by Crippen LogP contribution is 2.18. The zero-order valence-electron chi connectivity index (χ0n) is 9.60. The van der Waals surface area contributed by atoms with Gasteiger partial charge in [-0.25, -0.2) is 0 Å². The van der Waals surface area contributed by atoms with Gasteiger partial charge < -0.3 is 9.64 Å². The van der Waals surface area contributed by atoms with Gasteiger partial charge >= 0.3 is 5.97 Å². The number of nitrogens with zero attached hydrogens (tertiary/aromatic N) is 1. The molecule has 1 aliphatic heterocycles. The highest BCUT2D eigenvalue weighted by molar-refractivity contribution is 6.21. The van der Waals surface area contributed by atoms with Crippen molar-refractivity contribution >= 4 is 17.5 Å². The molecule has 0 aliphatic carbocycles. The molecule has 5 nitrogen and oxygen atoms in total. The number of ketones is 2. The van der Waals surface area contributed by atoms with Gasteiger partial charge in [-0.2, -0.15) is 0 Å². The van der Waals surface area contributed by atoms with E-state index in [0.29, 0.717) is 0 Å². The topological polar surface area (TPSA) is 63.7 Å². The number of rotatable bonds is 3. The number of hydrogen-bond donors (Lipinski definition) is 0. The Bertz CT molecular complexity index is 328. The van der Waals surface area contributed by atoms with E-state index in [1.54, 1.807) is 25.9 Å². The summed E-state index contributed by atoms with van der Waals surface area (Å²) >= 11 is 0. The average molecular weight is 225 g/mol. The fourth-order valence-electron chi connectivity index (χ4n) is 1.43. The highest BCUT2D eigenvalue weighted by Gasteiger charge is 2.39. The van der Waals surface area contributed by atoms with Gasteiger partial charge in [0.15, 0.2) is 17.5 Å². The molecule has 1 heterocycles. The SMILES string of the molecule is CC1CC(=O)C(C(=O)C=CN(C)C)C(=O)O1. The zero-order chi connectivity index (χ0) is 12.3. The molecule has 1 fully saturated rings. The van der Waals surface area contributed by atoms with Gasteiger partial charge in [0, 0.05) is 26.7 Å². The van der Waals surface area contributed by atoms with Crippen LogP contribution in [-0.2, 0) is 19.1 Å². The van der Waals surface area contributed by atoms with Crippen molar-refractivity contribution in [3.63, 3.8) is 0 Å². The van der Waals surface area contributed by atoms with Crippen LogP contribution in [0.3, 0.4) is 0 Å². The fraction of sp³-hybridized carbons (Fsp3) is 0.545. The molecule has 2 atom stereocenters. The molecule has 0 N–H and O–H groups in total. The summed E-state index contributed by atoms with van der Waals surface area (Å²) in [5.74, 6) is -2.89. The third kappa shape index (κ3) is 2.92. The third-order valence-corrected chi connectivity index (χ3v) is 2.19. The lowest BCUT2D eigenvalue weighted by atomic mass is 9.92. The van der Waals surface area contributed by atoms with Crippen molar-refractivity contribution in [2.24, 2.45) is 5.92 Å². The maximum Gasteiger partial charge on any atom is 0.324 e. The average Bonchev–Trinajstić information content (AvgIpc) is 2.12. The van der Waals surface area contributed by atoms with Crippen LogP contribution < -0.4 is 0 Å². The fourth-order valence-corrected chi connectivity index (χ4v) is 1.43. The number of hydrogen-bond acceptors (Lipinski definition) is 5. The van der Waals surface area contributed by atoms with E-state index < -0.39 is 23.8 Å². The van der Waals surface area contributed by atoms with Crippen LogP contribution in [0.2, 0.25) is 0 Å². The van der Waals surface area contributed by atoms with Gasteiger partial charge in [-0.3, -0.25) is 14.4 Å². The van der Waals surface area contributed by atoms with Crippen LogP contribution in [0.1, 0.15) is 13.3 Å². The molecule has 88 valence electrons. The monoisotopic (exact) mass is 225 g/mol. The summed E-state index contributed by atoms with van der Waals surface area (Å²) in [5, 5.41) is 0. The molecule has 0 aromatic rings. The number of esters is 1. The Morgan fingerprint density at radius 3 is 2.56 bits per heavy atom. The lowest BCUT2D eigenvalue weighted by Gasteiger charge is -2.23. The van der Waals surface area contributed by atoms with Gasteiger partial charge in [0.05, 0.1) is 0 Å². The highest BCUT2D eigenvalue weighted by atomic mass is 16.5. The normalized spacial score (nSPS) is 25.7. The van der Waals surface area contributed by atoms with E-state index in [2.05, 4.69) is 0 Å². The summed E-state index contributed by atoms with van der Waals surface area (Å²) in [6.45, 7) is 1.63. The minimum Gasteiger partial charge on any atom is -0.461 e. The Balaban J connectivity index is 2.75. The Morgan fingerprint density at radius 1 is 1.44 bits per heavy atom. The largest absolute Gasteiger partial charge is 0.461 e. The molecule has 0 saturated carbocycles. The lowest BCUT2D eigenvalue weighted by Crippen LogP contribution is -2.41. The number of cyclic esters (lactones) is 1. The van der Waals surface area contributed by atoms with Crippen molar-refractivity contribution in [2.75, 3.05) is 14.1 Å². The molecule has 16 heavy (non-hydrogen) atoms. The molecule has 0 spiro atoms. The molecule has 0 aromatic heterocycles. The lowest BCUT2D eigenvalue weighted by molar-refractivity contribution is -0.164. The summed E-state index contributed by atoms with van der Waals surface area (Å²) in [6, 6.07) is 0. The van der Waals surface area contributed by atoms with Crippen molar-refractivity contribution in [1.29, 1.82) is 0 Å². The van der Waals surface area contributed by atoms with Gasteiger partial charge in [0.25, 0.3) is 0 Å². The first-order valence-corrected chi connectivity index (χ1v) is 5.03. The molecule has 0 radical (unpaired) electrons. The van der Waals surface area contributed by atoms with Crippen LogP contribution in [0.25, 0.3) is 0 Å². The third-order valence-electron chi connectivity index (χ3n) is 2.19. The quantitative estimate of drug-likeness (QED) is 0.388. The van der Waals surface area contributed by atoms with Crippen LogP contribution in [-0.4, -0.2) is 42.6 Å². The number of Topliss-reactive ketones (excluding diaryl/α,β-unsaturated/α-hetero) is 1. The molecular formula is C11H15NO4. The van der Waals surface area contributed by atoms with Crippen molar-refractivity contribution in [3.8, 4) is 0 Å². The Morgan fingerprint density at radius 2 is 2.06 bits per heavy atom. The number of ether oxygens (including phenoxy) is 1. The number of allylic oxidation sites excluding steroid dienone is 1. The summed E-state index contributed by atoms with van der Waals surface area (Å²) in [6.07, 6.45) is 2.40. The van der Waals surface area contributed by atoms with E-state index in [1.807, 2.05) is 0 Å². The second-order valence-corrected chi connectivity index (χ2v) is 4.03. The van der Waals surface area contributed by atoms with Crippen LogP contribution in [0.4, 0.5) is 0 Å². The number of carbonyl (C=O) groups is 3. The Kier molecular flexibility index (Phi) is 3.82. The smallest absolute Gasteiger partial charge is 0.324 e. The van der Waals surface area contributed by atoms with Crippen LogP contribution in [0.5, 0.6) is 0 Å². The van der Waals surface area contributed by atoms with Gasteiger partial charge in [-0.05, 0) is 13.0 Å². The molecular weight excluding hydrogens is 210 g/mol. The van der Waals surface area contributed by atoms with Crippen molar-refractivity contribution in [2.45, 2.75) is 19.4 Å². The molecule has 1 saturated heterocycles. The van der Waals surface area contributed by atoms with E-state index in [1.165, 1.54) is 12.3 Å².